The average molecular weight is 235 g/mol. The third-order valence-corrected chi connectivity index (χ3v) is 3.48. The first-order valence-electron chi connectivity index (χ1n) is 6.22. The molecule has 3 nitrogen and oxygen atoms in total. The lowest BCUT2D eigenvalue weighted by Gasteiger charge is -2.34. The van der Waals surface area contributed by atoms with Crippen LogP contribution in [0.1, 0.15) is 18.9 Å². The number of ether oxygens (including phenoxy) is 1. The molecular formula is C14H21NO2. The summed E-state index contributed by atoms with van der Waals surface area (Å²) in [4.78, 5) is 2.40. The second-order valence-electron chi connectivity index (χ2n) is 4.92. The van der Waals surface area contributed by atoms with Crippen LogP contribution in [0.15, 0.2) is 24.3 Å². The Bertz CT molecular complexity index is 367. The van der Waals surface area contributed by atoms with Gasteiger partial charge in [-0.25, -0.2) is 0 Å². The maximum absolute atomic E-state index is 9.70. The topological polar surface area (TPSA) is 32.7 Å². The van der Waals surface area contributed by atoms with Crippen LogP contribution in [-0.2, 0) is 6.54 Å². The van der Waals surface area contributed by atoms with Crippen LogP contribution in [0.3, 0.4) is 0 Å². The Morgan fingerprint density at radius 1 is 1.47 bits per heavy atom. The fourth-order valence-electron chi connectivity index (χ4n) is 2.39. The fraction of sp³-hybridized carbons (Fsp3) is 0.571. The van der Waals surface area contributed by atoms with Crippen LogP contribution in [0.5, 0.6) is 5.75 Å². The summed E-state index contributed by atoms with van der Waals surface area (Å²) in [6.45, 7) is 5.00. The summed E-state index contributed by atoms with van der Waals surface area (Å²) in [5.74, 6) is 1.28. The molecule has 1 aromatic rings. The smallest absolute Gasteiger partial charge is 0.119 e. The van der Waals surface area contributed by atoms with Crippen molar-refractivity contribution in [1.29, 1.82) is 0 Å². The molecule has 0 radical (unpaired) electrons. The minimum absolute atomic E-state index is 0.128. The molecule has 17 heavy (non-hydrogen) atoms. The molecule has 2 unspecified atom stereocenters. The van der Waals surface area contributed by atoms with Crippen LogP contribution >= 0.6 is 0 Å². The summed E-state index contributed by atoms with van der Waals surface area (Å²) in [5.41, 5.74) is 1.27. The van der Waals surface area contributed by atoms with Crippen molar-refractivity contribution in [3.05, 3.63) is 29.8 Å². The second-order valence-corrected chi connectivity index (χ2v) is 4.92. The van der Waals surface area contributed by atoms with Crippen molar-refractivity contribution in [2.45, 2.75) is 26.0 Å². The molecule has 94 valence electrons. The first-order chi connectivity index (χ1) is 8.19. The Kier molecular flexibility index (Phi) is 4.02. The molecule has 1 heterocycles. The van der Waals surface area contributed by atoms with E-state index in [1.807, 2.05) is 12.1 Å². The van der Waals surface area contributed by atoms with Crippen molar-refractivity contribution < 1.29 is 9.84 Å². The summed E-state index contributed by atoms with van der Waals surface area (Å²) in [7, 11) is 1.69. The number of rotatable bonds is 3. The average Bonchev–Trinajstić information content (AvgIpc) is 2.34. The lowest BCUT2D eigenvalue weighted by atomic mass is 9.96. The quantitative estimate of drug-likeness (QED) is 0.868. The largest absolute Gasteiger partial charge is 0.497 e. The van der Waals surface area contributed by atoms with Gasteiger partial charge in [0.2, 0.25) is 0 Å². The van der Waals surface area contributed by atoms with Crippen molar-refractivity contribution in [2.24, 2.45) is 5.92 Å². The highest BCUT2D eigenvalue weighted by Gasteiger charge is 2.23. The van der Waals surface area contributed by atoms with Crippen LogP contribution < -0.4 is 4.74 Å². The van der Waals surface area contributed by atoms with E-state index in [0.29, 0.717) is 5.92 Å². The third-order valence-electron chi connectivity index (χ3n) is 3.48. The molecule has 1 aliphatic heterocycles. The van der Waals surface area contributed by atoms with E-state index in [-0.39, 0.29) is 6.10 Å². The number of hydrogen-bond donors (Lipinski definition) is 1. The number of piperidine rings is 1. The van der Waals surface area contributed by atoms with Gasteiger partial charge >= 0.3 is 0 Å². The first-order valence-corrected chi connectivity index (χ1v) is 6.22. The Morgan fingerprint density at radius 2 is 2.29 bits per heavy atom. The molecule has 0 aliphatic carbocycles. The van der Waals surface area contributed by atoms with Crippen molar-refractivity contribution >= 4 is 0 Å². The fourth-order valence-corrected chi connectivity index (χ4v) is 2.39. The third kappa shape index (κ3) is 3.20. The van der Waals surface area contributed by atoms with Gasteiger partial charge in [-0.05, 0) is 30.0 Å². The number of methoxy groups -OCH3 is 1. The van der Waals surface area contributed by atoms with E-state index in [4.69, 9.17) is 4.74 Å². The van der Waals surface area contributed by atoms with Gasteiger partial charge in [0, 0.05) is 19.6 Å². The predicted molar refractivity (Wildman–Crippen MR) is 68.1 cm³/mol. The van der Waals surface area contributed by atoms with Crippen molar-refractivity contribution in [1.82, 2.24) is 4.90 Å². The van der Waals surface area contributed by atoms with Crippen LogP contribution in [0.4, 0.5) is 0 Å². The molecule has 1 fully saturated rings. The van der Waals surface area contributed by atoms with Crippen molar-refractivity contribution in [3.63, 3.8) is 0 Å². The maximum atomic E-state index is 9.70. The molecule has 3 heteroatoms. The highest BCUT2D eigenvalue weighted by molar-refractivity contribution is 5.28. The maximum Gasteiger partial charge on any atom is 0.119 e. The van der Waals surface area contributed by atoms with E-state index < -0.39 is 0 Å². The Hall–Kier alpha value is -1.06. The summed E-state index contributed by atoms with van der Waals surface area (Å²) in [6.07, 6.45) is 0.752. The molecule has 1 saturated heterocycles. The zero-order chi connectivity index (χ0) is 12.3. The van der Waals surface area contributed by atoms with Gasteiger partial charge in [0.15, 0.2) is 0 Å². The molecular weight excluding hydrogens is 214 g/mol. The van der Waals surface area contributed by atoms with Gasteiger partial charge in [-0.1, -0.05) is 19.1 Å². The highest BCUT2D eigenvalue weighted by atomic mass is 16.5. The van der Waals surface area contributed by atoms with E-state index in [9.17, 15) is 5.11 Å². The molecule has 2 atom stereocenters. The zero-order valence-corrected chi connectivity index (χ0v) is 10.6. The van der Waals surface area contributed by atoms with Crippen LogP contribution in [0, 0.1) is 5.92 Å². The highest BCUT2D eigenvalue weighted by Crippen LogP contribution is 2.20. The van der Waals surface area contributed by atoms with E-state index in [2.05, 4.69) is 24.0 Å². The molecule has 0 aromatic heterocycles. The summed E-state index contributed by atoms with van der Waals surface area (Å²) in [5, 5.41) is 9.70. The number of likely N-dealkylation sites (tertiary alicyclic amines) is 1. The van der Waals surface area contributed by atoms with Crippen LogP contribution in [0.25, 0.3) is 0 Å². The zero-order valence-electron chi connectivity index (χ0n) is 10.6. The van der Waals surface area contributed by atoms with Gasteiger partial charge < -0.3 is 9.84 Å². The van der Waals surface area contributed by atoms with Crippen molar-refractivity contribution in [3.8, 4) is 5.75 Å². The molecule has 1 aromatic carbocycles. The molecule has 1 aliphatic rings. The Balaban J connectivity index is 1.96. The monoisotopic (exact) mass is 235 g/mol. The van der Waals surface area contributed by atoms with Gasteiger partial charge in [0.25, 0.3) is 0 Å². The summed E-state index contributed by atoms with van der Waals surface area (Å²) >= 11 is 0. The minimum Gasteiger partial charge on any atom is -0.497 e. The van der Waals surface area contributed by atoms with E-state index in [1.54, 1.807) is 7.11 Å². The standard InChI is InChI=1S/C14H21NO2/c1-11-9-15(7-6-14(11)16)10-12-4-3-5-13(8-12)17-2/h3-5,8,11,14,16H,6-7,9-10H2,1-2H3. The molecule has 0 amide bonds. The van der Waals surface area contributed by atoms with E-state index in [1.165, 1.54) is 5.56 Å². The molecule has 0 saturated carbocycles. The van der Waals surface area contributed by atoms with Gasteiger partial charge in [-0.3, -0.25) is 4.90 Å². The second kappa shape index (κ2) is 5.52. The summed E-state index contributed by atoms with van der Waals surface area (Å²) < 4.78 is 5.22. The Labute approximate surface area is 103 Å². The lowest BCUT2D eigenvalue weighted by molar-refractivity contribution is 0.0320. The van der Waals surface area contributed by atoms with Crippen LogP contribution in [-0.4, -0.2) is 36.3 Å². The SMILES string of the molecule is COc1cccc(CN2CCC(O)C(C)C2)c1. The Morgan fingerprint density at radius 3 is 3.00 bits per heavy atom. The number of benzene rings is 1. The number of aliphatic hydroxyl groups excluding tert-OH is 1. The minimum atomic E-state index is -0.128. The predicted octanol–water partition coefficient (Wildman–Crippen LogP) is 1.90. The molecule has 1 N–H and O–H groups in total. The van der Waals surface area contributed by atoms with Crippen molar-refractivity contribution in [2.75, 3.05) is 20.2 Å². The molecule has 0 spiro atoms. The first kappa shape index (κ1) is 12.4. The van der Waals surface area contributed by atoms with Crippen LogP contribution in [0.2, 0.25) is 0 Å². The summed E-state index contributed by atoms with van der Waals surface area (Å²) in [6, 6.07) is 8.19. The molecule has 2 rings (SSSR count). The van der Waals surface area contributed by atoms with Gasteiger partial charge in [-0.15, -0.1) is 0 Å². The lowest BCUT2D eigenvalue weighted by Crippen LogP contribution is -2.41. The van der Waals surface area contributed by atoms with E-state index in [0.717, 1.165) is 31.8 Å². The normalized spacial score (nSPS) is 25.8. The molecule has 0 bridgehead atoms. The van der Waals surface area contributed by atoms with E-state index >= 15 is 0 Å². The number of aliphatic hydroxyl groups is 1. The number of hydrogen-bond acceptors (Lipinski definition) is 3. The van der Waals surface area contributed by atoms with Gasteiger partial charge in [0.05, 0.1) is 13.2 Å². The van der Waals surface area contributed by atoms with Gasteiger partial charge in [0.1, 0.15) is 5.75 Å². The van der Waals surface area contributed by atoms with Gasteiger partial charge in [-0.2, -0.15) is 0 Å². The number of nitrogens with zero attached hydrogens (tertiary/aromatic N) is 1.